The third-order valence-corrected chi connectivity index (χ3v) is 7.68. The fraction of sp³-hybridized carbons (Fsp3) is 0.0303. The number of imidazole rings is 1. The number of pyridine rings is 1. The highest BCUT2D eigenvalue weighted by Gasteiger charge is 2.47. The third-order valence-electron chi connectivity index (χ3n) is 7.68. The van der Waals surface area contributed by atoms with Gasteiger partial charge in [0, 0.05) is 23.3 Å². The van der Waals surface area contributed by atoms with Gasteiger partial charge in [-0.3, -0.25) is 4.98 Å². The van der Waals surface area contributed by atoms with Crippen molar-refractivity contribution in [3.8, 4) is 11.4 Å². The maximum atomic E-state index is 5.16. The minimum atomic E-state index is -0.566. The number of aromatic nitrogens is 3. The molecule has 0 bridgehead atoms. The Balaban J connectivity index is 1.59. The third kappa shape index (κ3) is 2.47. The quantitative estimate of drug-likeness (QED) is 0.267. The Morgan fingerprint density at radius 1 is 0.583 bits per heavy atom. The van der Waals surface area contributed by atoms with Crippen LogP contribution in [0.25, 0.3) is 44.0 Å². The van der Waals surface area contributed by atoms with Crippen molar-refractivity contribution in [2.45, 2.75) is 5.54 Å². The van der Waals surface area contributed by atoms with Gasteiger partial charge in [-0.2, -0.15) is 0 Å². The molecule has 0 fully saturated rings. The van der Waals surface area contributed by atoms with Crippen LogP contribution in [-0.2, 0) is 5.54 Å². The predicted molar refractivity (Wildman–Crippen MR) is 146 cm³/mol. The largest absolute Gasteiger partial charge is 0.305 e. The monoisotopic (exact) mass is 459 g/mol. The lowest BCUT2D eigenvalue weighted by molar-refractivity contribution is 0.561. The summed E-state index contributed by atoms with van der Waals surface area (Å²) in [5, 5.41) is 4.78. The zero-order valence-electron chi connectivity index (χ0n) is 19.5. The van der Waals surface area contributed by atoms with Gasteiger partial charge < -0.3 is 4.57 Å². The van der Waals surface area contributed by atoms with E-state index in [9.17, 15) is 0 Å². The smallest absolute Gasteiger partial charge is 0.142 e. The highest BCUT2D eigenvalue weighted by atomic mass is 15.2. The van der Waals surface area contributed by atoms with Crippen molar-refractivity contribution < 1.29 is 0 Å². The van der Waals surface area contributed by atoms with Gasteiger partial charge in [0.15, 0.2) is 0 Å². The van der Waals surface area contributed by atoms with Gasteiger partial charge >= 0.3 is 0 Å². The van der Waals surface area contributed by atoms with E-state index in [-0.39, 0.29) is 0 Å². The molecular weight excluding hydrogens is 438 g/mol. The molecular formula is C33H21N3. The first-order valence-electron chi connectivity index (χ1n) is 12.3. The molecule has 7 aromatic rings. The molecule has 0 amide bonds. The van der Waals surface area contributed by atoms with E-state index in [1.807, 2.05) is 12.4 Å². The summed E-state index contributed by atoms with van der Waals surface area (Å²) >= 11 is 0. The fourth-order valence-electron chi connectivity index (χ4n) is 6.12. The SMILES string of the molecule is c1ccc2c(c1)-c1nc3ccccc3n1C2(c1ccc2ccccc2c1)c1ccc2cnccc2c1. The van der Waals surface area contributed by atoms with Crippen molar-refractivity contribution >= 4 is 32.6 Å². The Morgan fingerprint density at radius 2 is 1.28 bits per heavy atom. The maximum absolute atomic E-state index is 5.16. The van der Waals surface area contributed by atoms with Crippen LogP contribution in [0, 0.1) is 0 Å². The summed E-state index contributed by atoms with van der Waals surface area (Å²) in [6, 6.07) is 41.6. The van der Waals surface area contributed by atoms with Gasteiger partial charge in [-0.25, -0.2) is 4.98 Å². The molecule has 168 valence electrons. The van der Waals surface area contributed by atoms with Gasteiger partial charge in [0.05, 0.1) is 11.0 Å². The first-order valence-corrected chi connectivity index (χ1v) is 12.3. The van der Waals surface area contributed by atoms with Gasteiger partial charge in [-0.15, -0.1) is 0 Å². The lowest BCUT2D eigenvalue weighted by Crippen LogP contribution is -2.34. The summed E-state index contributed by atoms with van der Waals surface area (Å²) in [4.78, 5) is 9.50. The zero-order valence-corrected chi connectivity index (χ0v) is 19.5. The molecule has 1 atom stereocenters. The van der Waals surface area contributed by atoms with Crippen molar-refractivity contribution in [3.63, 3.8) is 0 Å². The van der Waals surface area contributed by atoms with Crippen LogP contribution in [0.2, 0.25) is 0 Å². The number of hydrogen-bond acceptors (Lipinski definition) is 2. The van der Waals surface area contributed by atoms with Crippen molar-refractivity contribution in [1.82, 2.24) is 14.5 Å². The molecule has 0 saturated carbocycles. The van der Waals surface area contributed by atoms with Crippen molar-refractivity contribution in [1.29, 1.82) is 0 Å². The summed E-state index contributed by atoms with van der Waals surface area (Å²) in [5.74, 6) is 1.01. The van der Waals surface area contributed by atoms with Crippen molar-refractivity contribution in [3.05, 3.63) is 144 Å². The summed E-state index contributed by atoms with van der Waals surface area (Å²) in [7, 11) is 0. The molecule has 3 heteroatoms. The summed E-state index contributed by atoms with van der Waals surface area (Å²) in [6.07, 6.45) is 3.80. The average molecular weight is 460 g/mol. The number of fused-ring (bicyclic) bond motifs is 7. The minimum Gasteiger partial charge on any atom is -0.305 e. The Bertz CT molecular complexity index is 1880. The lowest BCUT2D eigenvalue weighted by Gasteiger charge is -2.35. The van der Waals surface area contributed by atoms with E-state index in [1.54, 1.807) is 0 Å². The van der Waals surface area contributed by atoms with E-state index in [0.717, 1.165) is 22.2 Å². The van der Waals surface area contributed by atoms with Crippen LogP contribution < -0.4 is 0 Å². The number of rotatable bonds is 2. The first-order chi connectivity index (χ1) is 17.8. The topological polar surface area (TPSA) is 30.7 Å². The number of nitrogens with zero attached hydrogens (tertiary/aromatic N) is 3. The van der Waals surface area contributed by atoms with Crippen LogP contribution in [0.15, 0.2) is 128 Å². The molecule has 0 spiro atoms. The Kier molecular flexibility index (Phi) is 3.87. The number of benzene rings is 5. The molecule has 36 heavy (non-hydrogen) atoms. The second kappa shape index (κ2) is 7.12. The fourth-order valence-corrected chi connectivity index (χ4v) is 6.12. The van der Waals surface area contributed by atoms with Crippen LogP contribution >= 0.6 is 0 Å². The molecule has 1 unspecified atom stereocenters. The van der Waals surface area contributed by atoms with Gasteiger partial charge in [0.2, 0.25) is 0 Å². The second-order valence-corrected chi connectivity index (χ2v) is 9.52. The molecule has 0 N–H and O–H groups in total. The van der Waals surface area contributed by atoms with Crippen molar-refractivity contribution in [2.24, 2.45) is 0 Å². The van der Waals surface area contributed by atoms with Crippen molar-refractivity contribution in [2.75, 3.05) is 0 Å². The summed E-state index contributed by atoms with van der Waals surface area (Å²) in [5.41, 5.74) is 6.45. The van der Waals surface area contributed by atoms with Crippen LogP contribution in [0.3, 0.4) is 0 Å². The molecule has 0 aliphatic carbocycles. The van der Waals surface area contributed by atoms with E-state index in [1.165, 1.54) is 38.4 Å². The Labute approximate surface area is 208 Å². The zero-order chi connectivity index (χ0) is 23.7. The van der Waals surface area contributed by atoms with Crippen LogP contribution in [0.4, 0.5) is 0 Å². The summed E-state index contributed by atoms with van der Waals surface area (Å²) < 4.78 is 2.46. The van der Waals surface area contributed by atoms with E-state index in [2.05, 4.69) is 125 Å². The summed E-state index contributed by atoms with van der Waals surface area (Å²) in [6.45, 7) is 0. The highest BCUT2D eigenvalue weighted by Crippen LogP contribution is 2.53. The van der Waals surface area contributed by atoms with E-state index in [0.29, 0.717) is 0 Å². The van der Waals surface area contributed by atoms with E-state index < -0.39 is 5.54 Å². The minimum absolute atomic E-state index is 0.566. The van der Waals surface area contributed by atoms with Crippen LogP contribution in [0.5, 0.6) is 0 Å². The van der Waals surface area contributed by atoms with E-state index in [4.69, 9.17) is 4.98 Å². The van der Waals surface area contributed by atoms with Gasteiger partial charge in [0.25, 0.3) is 0 Å². The highest BCUT2D eigenvalue weighted by molar-refractivity contribution is 5.91. The molecule has 1 aliphatic rings. The van der Waals surface area contributed by atoms with Gasteiger partial charge in [0.1, 0.15) is 11.4 Å². The van der Waals surface area contributed by atoms with Crippen LogP contribution in [0.1, 0.15) is 16.7 Å². The lowest BCUT2D eigenvalue weighted by atomic mass is 9.76. The van der Waals surface area contributed by atoms with E-state index >= 15 is 0 Å². The predicted octanol–water partition coefficient (Wildman–Crippen LogP) is 7.56. The average Bonchev–Trinajstić information content (AvgIpc) is 3.46. The first kappa shape index (κ1) is 19.5. The molecule has 8 rings (SSSR count). The molecule has 0 radical (unpaired) electrons. The second-order valence-electron chi connectivity index (χ2n) is 9.52. The molecule has 3 nitrogen and oxygen atoms in total. The molecule has 5 aromatic carbocycles. The normalized spacial score (nSPS) is 16.4. The number of para-hydroxylation sites is 2. The van der Waals surface area contributed by atoms with Gasteiger partial charge in [-0.1, -0.05) is 84.9 Å². The Morgan fingerprint density at radius 3 is 2.17 bits per heavy atom. The molecule has 2 aromatic heterocycles. The van der Waals surface area contributed by atoms with Gasteiger partial charge in [-0.05, 0) is 63.2 Å². The molecule has 0 saturated heterocycles. The number of hydrogen-bond donors (Lipinski definition) is 0. The molecule has 3 heterocycles. The van der Waals surface area contributed by atoms with Crippen LogP contribution in [-0.4, -0.2) is 14.5 Å². The standard InChI is InChI=1S/C33H21N3/c1-2-8-23-19-26(15-13-22(23)7-1)33(27-16-14-25-21-34-18-17-24(25)20-27)29-10-4-3-9-28(29)32-35-30-11-5-6-12-31(30)36(32)33/h1-21H. The molecule has 1 aliphatic heterocycles. The Hall–Kier alpha value is -4.76. The maximum Gasteiger partial charge on any atom is 0.142 e.